The van der Waals surface area contributed by atoms with Crippen LogP contribution in [-0.4, -0.2) is 10.8 Å². The molecule has 0 fully saturated rings. The van der Waals surface area contributed by atoms with Crippen molar-refractivity contribution in [3.05, 3.63) is 12.2 Å². The Hall–Kier alpha value is 0.320. The van der Waals surface area contributed by atoms with Crippen molar-refractivity contribution >= 4 is 23.2 Å². The van der Waals surface area contributed by atoms with Crippen molar-refractivity contribution in [3.8, 4) is 0 Å². The molecule has 0 unspecified atom stereocenters. The van der Waals surface area contributed by atoms with Crippen LogP contribution in [0.5, 0.6) is 0 Å². The Morgan fingerprint density at radius 2 is 1.88 bits per heavy atom. The van der Waals surface area contributed by atoms with E-state index in [2.05, 4.69) is 0 Å². The lowest BCUT2D eigenvalue weighted by atomic mass is 10.3. The van der Waals surface area contributed by atoms with Crippen LogP contribution < -0.4 is 0 Å². The zero-order chi connectivity index (χ0) is 6.57. The average Bonchev–Trinajstić information content (AvgIpc) is 1.67. The maximum absolute atomic E-state index is 5.70. The summed E-state index contributed by atoms with van der Waals surface area (Å²) >= 11 is 11.3. The van der Waals surface area contributed by atoms with E-state index in [1.807, 2.05) is 26.0 Å². The van der Waals surface area contributed by atoms with Gasteiger partial charge in [0.25, 0.3) is 0 Å². The molecule has 0 N–H and O–H groups in total. The van der Waals surface area contributed by atoms with Crippen molar-refractivity contribution in [2.75, 3.05) is 0 Å². The lowest BCUT2D eigenvalue weighted by molar-refractivity contribution is 0.974. The average molecular weight is 153 g/mol. The minimum Gasteiger partial charge on any atom is -0.121 e. The summed E-state index contributed by atoms with van der Waals surface area (Å²) < 4.78 is 0. The molecule has 0 aliphatic heterocycles. The largest absolute Gasteiger partial charge is 0.121 e. The first-order valence-electron chi connectivity index (χ1n) is 2.59. The molecule has 0 aliphatic rings. The molecular formula is C6H10Cl2. The summed E-state index contributed by atoms with van der Waals surface area (Å²) in [6.45, 7) is 3.80. The predicted molar refractivity (Wildman–Crippen MR) is 39.8 cm³/mol. The fraction of sp³-hybridized carbons (Fsp3) is 0.667. The Morgan fingerprint density at radius 1 is 1.38 bits per heavy atom. The highest BCUT2D eigenvalue weighted by Gasteiger charge is 2.04. The van der Waals surface area contributed by atoms with Gasteiger partial charge >= 0.3 is 0 Å². The Labute approximate surface area is 60.5 Å². The number of hydrogen-bond acceptors (Lipinski definition) is 0. The Balaban J connectivity index is 3.47. The van der Waals surface area contributed by atoms with Gasteiger partial charge in [0.15, 0.2) is 0 Å². The van der Waals surface area contributed by atoms with Crippen LogP contribution in [0.25, 0.3) is 0 Å². The lowest BCUT2D eigenvalue weighted by Gasteiger charge is -2.03. The summed E-state index contributed by atoms with van der Waals surface area (Å²) in [5, 5.41) is -0.00506. The zero-order valence-corrected chi connectivity index (χ0v) is 6.58. The van der Waals surface area contributed by atoms with E-state index in [0.717, 1.165) is 0 Å². The van der Waals surface area contributed by atoms with Crippen LogP contribution in [0.1, 0.15) is 13.8 Å². The van der Waals surface area contributed by atoms with Crippen LogP contribution in [0.3, 0.4) is 0 Å². The molecule has 0 aromatic carbocycles. The molecule has 8 heavy (non-hydrogen) atoms. The third-order valence-electron chi connectivity index (χ3n) is 0.815. The first-order chi connectivity index (χ1) is 3.68. The van der Waals surface area contributed by atoms with Gasteiger partial charge in [-0.2, -0.15) is 0 Å². The van der Waals surface area contributed by atoms with Gasteiger partial charge in [-0.25, -0.2) is 0 Å². The molecule has 2 atom stereocenters. The molecule has 0 saturated carbocycles. The molecular weight excluding hydrogens is 143 g/mol. The zero-order valence-electron chi connectivity index (χ0n) is 5.07. The highest BCUT2D eigenvalue weighted by molar-refractivity contribution is 6.30. The molecule has 0 rings (SSSR count). The van der Waals surface area contributed by atoms with Crippen LogP contribution in [0, 0.1) is 0 Å². The molecule has 0 aromatic heterocycles. The third kappa shape index (κ3) is 3.34. The molecule has 0 radical (unpaired) electrons. The Kier molecular flexibility index (Phi) is 4.39. The monoisotopic (exact) mass is 152 g/mol. The van der Waals surface area contributed by atoms with Gasteiger partial charge in [0.05, 0.1) is 10.8 Å². The van der Waals surface area contributed by atoms with Crippen LogP contribution in [0.15, 0.2) is 12.2 Å². The van der Waals surface area contributed by atoms with E-state index in [9.17, 15) is 0 Å². The van der Waals surface area contributed by atoms with Crippen molar-refractivity contribution < 1.29 is 0 Å². The van der Waals surface area contributed by atoms with Crippen LogP contribution in [0.4, 0.5) is 0 Å². The molecule has 0 nitrogen and oxygen atoms in total. The highest BCUT2D eigenvalue weighted by atomic mass is 35.5. The van der Waals surface area contributed by atoms with Crippen molar-refractivity contribution in [1.82, 2.24) is 0 Å². The molecule has 0 amide bonds. The van der Waals surface area contributed by atoms with Crippen LogP contribution in [0.2, 0.25) is 0 Å². The van der Waals surface area contributed by atoms with Gasteiger partial charge in [-0.3, -0.25) is 0 Å². The molecule has 0 aliphatic carbocycles. The summed E-state index contributed by atoms with van der Waals surface area (Å²) in [6.07, 6.45) is 3.77. The van der Waals surface area contributed by atoms with E-state index < -0.39 is 0 Å². The number of hydrogen-bond donors (Lipinski definition) is 0. The first-order valence-corrected chi connectivity index (χ1v) is 3.46. The second-order valence-corrected chi connectivity index (χ2v) is 2.84. The fourth-order valence-electron chi connectivity index (χ4n) is 0.337. The van der Waals surface area contributed by atoms with Crippen molar-refractivity contribution in [3.63, 3.8) is 0 Å². The predicted octanol–water partition coefficient (Wildman–Crippen LogP) is 2.80. The lowest BCUT2D eigenvalue weighted by Crippen LogP contribution is -2.06. The normalized spacial score (nSPS) is 19.0. The third-order valence-corrected chi connectivity index (χ3v) is 1.74. The smallest absolute Gasteiger partial charge is 0.0676 e. The molecule has 48 valence electrons. The second kappa shape index (κ2) is 4.22. The summed E-state index contributed by atoms with van der Waals surface area (Å²) in [4.78, 5) is 0. The maximum Gasteiger partial charge on any atom is 0.0676 e. The minimum atomic E-state index is -0.0262. The van der Waals surface area contributed by atoms with Crippen LogP contribution >= 0.6 is 23.2 Å². The van der Waals surface area contributed by atoms with Gasteiger partial charge in [-0.05, 0) is 13.8 Å². The Morgan fingerprint density at radius 3 is 2.00 bits per heavy atom. The molecule has 0 spiro atoms. The highest BCUT2D eigenvalue weighted by Crippen LogP contribution is 2.09. The number of rotatable bonds is 2. The summed E-state index contributed by atoms with van der Waals surface area (Å²) in [6, 6.07) is 0. The SMILES string of the molecule is C/C=C\[C@H](Cl)[C@H](C)Cl. The van der Waals surface area contributed by atoms with Gasteiger partial charge in [-0.1, -0.05) is 12.2 Å². The van der Waals surface area contributed by atoms with E-state index in [0.29, 0.717) is 0 Å². The van der Waals surface area contributed by atoms with E-state index >= 15 is 0 Å². The standard InChI is InChI=1S/C6H10Cl2/c1-3-4-6(8)5(2)7/h3-6H,1-2H3/b4-3-/t5-,6-/m0/s1. The number of alkyl halides is 2. The number of allylic oxidation sites excluding steroid dienone is 2. The van der Waals surface area contributed by atoms with Crippen molar-refractivity contribution in [2.45, 2.75) is 24.6 Å². The van der Waals surface area contributed by atoms with E-state index in [1.54, 1.807) is 0 Å². The number of halogens is 2. The quantitative estimate of drug-likeness (QED) is 0.422. The van der Waals surface area contributed by atoms with E-state index in [-0.39, 0.29) is 10.8 Å². The Bertz CT molecular complexity index is 76.6. The topological polar surface area (TPSA) is 0 Å². The molecule has 2 heteroatoms. The van der Waals surface area contributed by atoms with Gasteiger partial charge in [0, 0.05) is 0 Å². The molecule has 0 heterocycles. The van der Waals surface area contributed by atoms with Crippen LogP contribution in [-0.2, 0) is 0 Å². The molecule has 0 aromatic rings. The van der Waals surface area contributed by atoms with Crippen molar-refractivity contribution in [1.29, 1.82) is 0 Å². The fourth-order valence-corrected chi connectivity index (χ4v) is 0.566. The van der Waals surface area contributed by atoms with E-state index in [1.165, 1.54) is 0 Å². The summed E-state index contributed by atoms with van der Waals surface area (Å²) in [7, 11) is 0. The summed E-state index contributed by atoms with van der Waals surface area (Å²) in [5.74, 6) is 0. The van der Waals surface area contributed by atoms with Gasteiger partial charge < -0.3 is 0 Å². The maximum atomic E-state index is 5.70. The molecule has 0 bridgehead atoms. The van der Waals surface area contributed by atoms with Gasteiger partial charge in [-0.15, -0.1) is 23.2 Å². The second-order valence-electron chi connectivity index (χ2n) is 1.65. The summed E-state index contributed by atoms with van der Waals surface area (Å²) in [5.41, 5.74) is 0. The van der Waals surface area contributed by atoms with Gasteiger partial charge in [0.2, 0.25) is 0 Å². The molecule has 0 saturated heterocycles. The van der Waals surface area contributed by atoms with E-state index in [4.69, 9.17) is 23.2 Å². The van der Waals surface area contributed by atoms with Crippen molar-refractivity contribution in [2.24, 2.45) is 0 Å². The minimum absolute atomic E-state index is 0.0212. The van der Waals surface area contributed by atoms with Gasteiger partial charge in [0.1, 0.15) is 0 Å². The first kappa shape index (κ1) is 8.32.